The maximum Gasteiger partial charge on any atom is 0.326 e. The van der Waals surface area contributed by atoms with Crippen LogP contribution in [0.2, 0.25) is 0 Å². The van der Waals surface area contributed by atoms with Crippen LogP contribution in [0.4, 0.5) is 0 Å². The number of aliphatic hydroxyl groups is 2. The van der Waals surface area contributed by atoms with E-state index in [2.05, 4.69) is 21.3 Å². The minimum atomic E-state index is -1.55. The Balaban J connectivity index is 1.61. The molecule has 0 bridgehead atoms. The number of rotatable bonds is 23. The lowest BCUT2D eigenvalue weighted by atomic mass is 10.1. The predicted molar refractivity (Wildman–Crippen MR) is 205 cm³/mol. The molecule has 23 nitrogen and oxygen atoms in total. The second-order valence-electron chi connectivity index (χ2n) is 15.0. The summed E-state index contributed by atoms with van der Waals surface area (Å²) in [5.74, 6) is -8.09. The van der Waals surface area contributed by atoms with Crippen molar-refractivity contribution in [2.24, 2.45) is 17.2 Å². The molecular formula is C36H60N10O13. The quantitative estimate of drug-likeness (QED) is 0.0428. The van der Waals surface area contributed by atoms with Crippen LogP contribution in [0.5, 0.6) is 0 Å². The number of likely N-dealkylation sites (tertiary alicyclic amines) is 3. The van der Waals surface area contributed by atoms with Crippen LogP contribution in [0.3, 0.4) is 0 Å². The summed E-state index contributed by atoms with van der Waals surface area (Å²) in [6.45, 7) is -0.574. The highest BCUT2D eigenvalue weighted by Gasteiger charge is 2.45. The molecular weight excluding hydrogens is 780 g/mol. The number of carboxylic acids is 2. The van der Waals surface area contributed by atoms with Crippen molar-refractivity contribution in [1.82, 2.24) is 36.0 Å². The van der Waals surface area contributed by atoms with Gasteiger partial charge in [0.2, 0.25) is 41.4 Å². The van der Waals surface area contributed by atoms with Crippen LogP contribution in [0.25, 0.3) is 0 Å². The minimum Gasteiger partial charge on any atom is -0.481 e. The zero-order valence-corrected chi connectivity index (χ0v) is 33.1. The van der Waals surface area contributed by atoms with Crippen LogP contribution >= 0.6 is 0 Å². The number of carbonyl (C=O) groups is 9. The maximum absolute atomic E-state index is 13.8. The summed E-state index contributed by atoms with van der Waals surface area (Å²) in [7, 11) is 0. The molecule has 0 aromatic heterocycles. The molecule has 8 atom stereocenters. The van der Waals surface area contributed by atoms with Crippen LogP contribution in [-0.2, 0) is 43.2 Å². The van der Waals surface area contributed by atoms with E-state index < -0.39 is 128 Å². The summed E-state index contributed by atoms with van der Waals surface area (Å²) in [6.07, 6.45) is -0.266. The predicted octanol–water partition coefficient (Wildman–Crippen LogP) is -5.36. The van der Waals surface area contributed by atoms with Gasteiger partial charge in [-0.15, -0.1) is 0 Å². The van der Waals surface area contributed by atoms with E-state index in [4.69, 9.17) is 17.2 Å². The van der Waals surface area contributed by atoms with E-state index in [9.17, 15) is 63.6 Å². The first-order valence-corrected chi connectivity index (χ1v) is 20.0. The number of amides is 7. The Morgan fingerprint density at radius 1 is 0.627 bits per heavy atom. The Morgan fingerprint density at radius 2 is 1.19 bits per heavy atom. The van der Waals surface area contributed by atoms with Crippen molar-refractivity contribution in [3.8, 4) is 0 Å². The first kappa shape index (κ1) is 48.4. The van der Waals surface area contributed by atoms with Gasteiger partial charge in [0.1, 0.15) is 30.2 Å². The zero-order chi connectivity index (χ0) is 43.8. The van der Waals surface area contributed by atoms with Gasteiger partial charge in [-0.1, -0.05) is 6.42 Å². The number of carboxylic acid groups (broad SMARTS) is 2. The Morgan fingerprint density at radius 3 is 1.75 bits per heavy atom. The van der Waals surface area contributed by atoms with E-state index in [1.807, 2.05) is 0 Å². The fourth-order valence-corrected chi connectivity index (χ4v) is 7.49. The van der Waals surface area contributed by atoms with E-state index in [1.54, 1.807) is 0 Å². The number of nitrogens with zero attached hydrogens (tertiary/aromatic N) is 3. The molecule has 332 valence electrons. The number of carbonyl (C=O) groups excluding carboxylic acids is 7. The fourth-order valence-electron chi connectivity index (χ4n) is 7.49. The van der Waals surface area contributed by atoms with Gasteiger partial charge in [0.05, 0.1) is 31.3 Å². The molecule has 23 heteroatoms. The van der Waals surface area contributed by atoms with Gasteiger partial charge in [-0.05, 0) is 77.3 Å². The maximum atomic E-state index is 13.8. The second kappa shape index (κ2) is 23.6. The summed E-state index contributed by atoms with van der Waals surface area (Å²) in [4.78, 5) is 119. The number of unbranched alkanes of at least 4 members (excludes halogenated alkanes) is 2. The first-order valence-electron chi connectivity index (χ1n) is 20.0. The van der Waals surface area contributed by atoms with Gasteiger partial charge in [-0.2, -0.15) is 0 Å². The molecule has 0 aliphatic carbocycles. The van der Waals surface area contributed by atoms with Crippen LogP contribution in [0.15, 0.2) is 0 Å². The number of hydrogen-bond donors (Lipinski definition) is 11. The van der Waals surface area contributed by atoms with E-state index in [-0.39, 0.29) is 45.3 Å². The summed E-state index contributed by atoms with van der Waals surface area (Å²) >= 11 is 0. The van der Waals surface area contributed by atoms with Crippen molar-refractivity contribution in [1.29, 1.82) is 0 Å². The Kier molecular flexibility index (Phi) is 19.3. The summed E-state index contributed by atoms with van der Waals surface area (Å²) in [6, 6.07) is -7.53. The third-order valence-electron chi connectivity index (χ3n) is 10.7. The number of nitrogens with one attached hydrogen (secondary N) is 4. The SMILES string of the molecule is NCCCC[C@H](NC(=O)[C@@H]1CCCN1C(=O)CNC(=O)[C@@H]1[C@@H](O)CCN1C(=O)[C@H](CCC(=O)O)NC(=O)CNC(=O)[C@@H]1[C@@H](O)CCN1C(=O)[C@@H](N)CCCCN)C(=O)O. The number of aliphatic hydroxyl groups excluding tert-OH is 2. The van der Waals surface area contributed by atoms with Gasteiger partial charge in [0.25, 0.3) is 0 Å². The summed E-state index contributed by atoms with van der Waals surface area (Å²) in [5, 5.41) is 49.6. The number of nitrogens with two attached hydrogens (primary N) is 3. The standard InChI is InChI=1S/C36H60N10O13/c37-13-3-1-6-20(39)34(56)45-16-11-24(47)29(45)32(54)40-18-26(49)42-21(9-10-28(51)52)35(57)46-17-12-25(48)30(46)33(55)41-19-27(50)44-15-5-8-23(44)31(53)43-22(36(58)59)7-2-4-14-38/h20-25,29-30,47-48H,1-19,37-39H2,(H,40,54)(H,41,55)(H,42,49)(H,43,53)(H,51,52)(H,58,59)/t20-,21-,22-,23-,24-,25-,29-,30-/m0/s1. The molecule has 3 rings (SSSR count). The van der Waals surface area contributed by atoms with Crippen molar-refractivity contribution in [3.63, 3.8) is 0 Å². The van der Waals surface area contributed by atoms with Gasteiger partial charge in [-0.25, -0.2) is 4.79 Å². The lowest BCUT2D eigenvalue weighted by Gasteiger charge is -2.30. The van der Waals surface area contributed by atoms with Crippen molar-refractivity contribution in [3.05, 3.63) is 0 Å². The minimum absolute atomic E-state index is 0.0480. The molecule has 0 radical (unpaired) electrons. The molecule has 3 heterocycles. The van der Waals surface area contributed by atoms with Crippen molar-refractivity contribution in [2.75, 3.05) is 45.8 Å². The first-order chi connectivity index (χ1) is 28.0. The van der Waals surface area contributed by atoms with Crippen molar-refractivity contribution < 1.29 is 63.6 Å². The van der Waals surface area contributed by atoms with E-state index in [0.717, 1.165) is 9.80 Å². The summed E-state index contributed by atoms with van der Waals surface area (Å²) in [5.41, 5.74) is 17.0. The van der Waals surface area contributed by atoms with Gasteiger partial charge in [-0.3, -0.25) is 38.4 Å². The van der Waals surface area contributed by atoms with E-state index in [0.29, 0.717) is 51.6 Å². The molecule has 0 aromatic rings. The largest absolute Gasteiger partial charge is 0.481 e. The molecule has 3 saturated heterocycles. The summed E-state index contributed by atoms with van der Waals surface area (Å²) < 4.78 is 0. The smallest absolute Gasteiger partial charge is 0.326 e. The molecule has 59 heavy (non-hydrogen) atoms. The number of aliphatic carboxylic acids is 2. The van der Waals surface area contributed by atoms with Gasteiger partial charge in [0.15, 0.2) is 0 Å². The fraction of sp³-hybridized carbons (Fsp3) is 0.750. The Hall–Kier alpha value is -4.97. The average molecular weight is 841 g/mol. The second-order valence-corrected chi connectivity index (χ2v) is 15.0. The zero-order valence-electron chi connectivity index (χ0n) is 33.1. The Bertz CT molecular complexity index is 1540. The third kappa shape index (κ3) is 13.8. The number of hydrogen-bond acceptors (Lipinski definition) is 14. The van der Waals surface area contributed by atoms with E-state index in [1.165, 1.54) is 4.90 Å². The van der Waals surface area contributed by atoms with Crippen molar-refractivity contribution >= 4 is 53.3 Å². The molecule has 7 amide bonds. The van der Waals surface area contributed by atoms with Crippen molar-refractivity contribution in [2.45, 2.75) is 126 Å². The molecule has 0 saturated carbocycles. The molecule has 14 N–H and O–H groups in total. The van der Waals surface area contributed by atoms with Crippen LogP contribution in [-0.4, -0.2) is 183 Å². The average Bonchev–Trinajstić information content (AvgIpc) is 3.95. The lowest BCUT2D eigenvalue weighted by molar-refractivity contribution is -0.145. The van der Waals surface area contributed by atoms with Crippen LogP contribution in [0.1, 0.15) is 77.0 Å². The third-order valence-corrected chi connectivity index (χ3v) is 10.7. The normalized spacial score (nSPS) is 22.9. The lowest BCUT2D eigenvalue weighted by Crippen LogP contribution is -2.58. The highest BCUT2D eigenvalue weighted by Crippen LogP contribution is 2.23. The highest BCUT2D eigenvalue weighted by molar-refractivity contribution is 5.97. The molecule has 0 unspecified atom stereocenters. The molecule has 0 aromatic carbocycles. The molecule has 0 spiro atoms. The molecule has 3 aliphatic rings. The van der Waals surface area contributed by atoms with Crippen LogP contribution < -0.4 is 38.5 Å². The van der Waals surface area contributed by atoms with Crippen LogP contribution in [0, 0.1) is 0 Å². The highest BCUT2D eigenvalue weighted by atomic mass is 16.4. The topological polar surface area (TPSA) is 370 Å². The van der Waals surface area contributed by atoms with Gasteiger partial charge < -0.3 is 73.6 Å². The van der Waals surface area contributed by atoms with E-state index >= 15 is 0 Å². The molecule has 3 fully saturated rings. The Labute approximate surface area is 341 Å². The monoisotopic (exact) mass is 840 g/mol. The molecule has 3 aliphatic heterocycles. The van der Waals surface area contributed by atoms with Gasteiger partial charge in [0, 0.05) is 26.1 Å². The van der Waals surface area contributed by atoms with Gasteiger partial charge >= 0.3 is 11.9 Å².